The standard InChI is InChI=1S/C21H23N5O4S2/c1-12(2)10-25-19(28)18-15(7-8-31-18)26-20(25)23-24-21(26)32-11-17(27)22-14-9-13(29-3)5-6-16(14)30-4/h5-9,12H,10-11H2,1-4H3,(H,22,27). The predicted octanol–water partition coefficient (Wildman–Crippen LogP) is 3.51. The minimum absolute atomic E-state index is 0.0667. The molecular weight excluding hydrogens is 450 g/mol. The Kier molecular flexibility index (Phi) is 6.38. The van der Waals surface area contributed by atoms with Gasteiger partial charge in [0.15, 0.2) is 5.16 Å². The van der Waals surface area contributed by atoms with Gasteiger partial charge in [0.25, 0.3) is 5.56 Å². The maximum Gasteiger partial charge on any atom is 0.272 e. The highest BCUT2D eigenvalue weighted by Crippen LogP contribution is 2.29. The van der Waals surface area contributed by atoms with E-state index in [0.717, 1.165) is 5.52 Å². The van der Waals surface area contributed by atoms with E-state index in [1.54, 1.807) is 29.9 Å². The fraction of sp³-hybridized carbons (Fsp3) is 0.333. The Bertz CT molecular complexity index is 1340. The number of nitrogens with zero attached hydrogens (tertiary/aromatic N) is 4. The molecule has 0 atom stereocenters. The summed E-state index contributed by atoms with van der Waals surface area (Å²) in [5, 5.41) is 13.8. The molecule has 0 aliphatic heterocycles. The average molecular weight is 474 g/mol. The summed E-state index contributed by atoms with van der Waals surface area (Å²) in [6, 6.07) is 7.07. The third kappa shape index (κ3) is 4.17. The summed E-state index contributed by atoms with van der Waals surface area (Å²) in [5.74, 6) is 1.78. The zero-order chi connectivity index (χ0) is 22.8. The minimum atomic E-state index is -0.227. The number of carbonyl (C=O) groups excluding carboxylic acids is 1. The van der Waals surface area contributed by atoms with Crippen LogP contribution < -0.4 is 20.3 Å². The van der Waals surface area contributed by atoms with Gasteiger partial charge in [-0.25, -0.2) is 0 Å². The lowest BCUT2D eigenvalue weighted by atomic mass is 10.2. The van der Waals surface area contributed by atoms with Crippen LogP contribution in [0.3, 0.4) is 0 Å². The van der Waals surface area contributed by atoms with Crippen LogP contribution in [0.25, 0.3) is 16.0 Å². The third-order valence-corrected chi connectivity index (χ3v) is 6.56. The number of nitrogens with one attached hydrogen (secondary N) is 1. The second-order valence-electron chi connectivity index (χ2n) is 7.47. The van der Waals surface area contributed by atoms with Crippen LogP contribution in [-0.4, -0.2) is 45.0 Å². The zero-order valence-corrected chi connectivity index (χ0v) is 19.7. The quantitative estimate of drug-likeness (QED) is 0.391. The molecule has 32 heavy (non-hydrogen) atoms. The first-order valence-corrected chi connectivity index (χ1v) is 11.8. The first-order chi connectivity index (χ1) is 15.4. The molecule has 1 aromatic carbocycles. The Labute approximate surface area is 192 Å². The number of thioether (sulfide) groups is 1. The van der Waals surface area contributed by atoms with E-state index in [-0.39, 0.29) is 23.1 Å². The van der Waals surface area contributed by atoms with Crippen molar-refractivity contribution in [1.29, 1.82) is 0 Å². The zero-order valence-electron chi connectivity index (χ0n) is 18.1. The Balaban J connectivity index is 1.61. The van der Waals surface area contributed by atoms with E-state index >= 15 is 0 Å². The number of aromatic nitrogens is 4. The smallest absolute Gasteiger partial charge is 0.272 e. The van der Waals surface area contributed by atoms with Crippen LogP contribution in [0, 0.1) is 5.92 Å². The van der Waals surface area contributed by atoms with Crippen LogP contribution in [0.4, 0.5) is 5.69 Å². The van der Waals surface area contributed by atoms with Gasteiger partial charge in [-0.3, -0.25) is 18.6 Å². The molecule has 0 aliphatic carbocycles. The summed E-state index contributed by atoms with van der Waals surface area (Å²) in [6.45, 7) is 4.63. The van der Waals surface area contributed by atoms with Crippen molar-refractivity contribution in [2.45, 2.75) is 25.5 Å². The molecule has 0 saturated heterocycles. The van der Waals surface area contributed by atoms with Crippen LogP contribution in [0.1, 0.15) is 13.8 Å². The normalized spacial score (nSPS) is 11.4. The van der Waals surface area contributed by atoms with Gasteiger partial charge in [0.05, 0.1) is 31.2 Å². The van der Waals surface area contributed by atoms with Crippen molar-refractivity contribution in [2.75, 3.05) is 25.3 Å². The van der Waals surface area contributed by atoms with E-state index in [4.69, 9.17) is 9.47 Å². The second kappa shape index (κ2) is 9.21. The maximum atomic E-state index is 12.9. The van der Waals surface area contributed by atoms with Crippen LogP contribution in [-0.2, 0) is 11.3 Å². The molecule has 0 bridgehead atoms. The average Bonchev–Trinajstić information content (AvgIpc) is 3.42. The molecule has 9 nitrogen and oxygen atoms in total. The van der Waals surface area contributed by atoms with Gasteiger partial charge in [-0.1, -0.05) is 25.6 Å². The molecule has 0 unspecified atom stereocenters. The van der Waals surface area contributed by atoms with E-state index in [0.29, 0.717) is 39.4 Å². The first-order valence-electron chi connectivity index (χ1n) is 9.92. The molecule has 1 amide bonds. The lowest BCUT2D eigenvalue weighted by molar-refractivity contribution is -0.113. The fourth-order valence-electron chi connectivity index (χ4n) is 3.35. The van der Waals surface area contributed by atoms with Gasteiger partial charge in [0.1, 0.15) is 16.2 Å². The summed E-state index contributed by atoms with van der Waals surface area (Å²) >= 11 is 2.65. The molecule has 0 spiro atoms. The van der Waals surface area contributed by atoms with Crippen molar-refractivity contribution in [3.8, 4) is 11.5 Å². The number of ether oxygens (including phenoxy) is 2. The Morgan fingerprint density at radius 3 is 2.75 bits per heavy atom. The van der Waals surface area contributed by atoms with E-state index in [2.05, 4.69) is 15.5 Å². The summed E-state index contributed by atoms with van der Waals surface area (Å²) in [7, 11) is 3.10. The second-order valence-corrected chi connectivity index (χ2v) is 9.32. The summed E-state index contributed by atoms with van der Waals surface area (Å²) in [4.78, 5) is 25.6. The van der Waals surface area contributed by atoms with Crippen LogP contribution in [0.5, 0.6) is 11.5 Å². The Hall–Kier alpha value is -3.05. The van der Waals surface area contributed by atoms with Crippen LogP contribution in [0.15, 0.2) is 39.6 Å². The summed E-state index contributed by atoms with van der Waals surface area (Å²) < 4.78 is 14.7. The number of benzene rings is 1. The molecule has 4 rings (SSSR count). The van der Waals surface area contributed by atoms with Gasteiger partial charge in [-0.05, 0) is 29.5 Å². The number of methoxy groups -OCH3 is 2. The predicted molar refractivity (Wildman–Crippen MR) is 126 cm³/mol. The van der Waals surface area contributed by atoms with Gasteiger partial charge in [0.2, 0.25) is 11.7 Å². The van der Waals surface area contributed by atoms with Gasteiger partial charge in [0, 0.05) is 12.6 Å². The third-order valence-electron chi connectivity index (χ3n) is 4.74. The summed E-state index contributed by atoms with van der Waals surface area (Å²) in [6.07, 6.45) is 0. The Morgan fingerprint density at radius 1 is 1.22 bits per heavy atom. The SMILES string of the molecule is COc1ccc(OC)c(NC(=O)CSc2nnc3n(CC(C)C)c(=O)c4sccc4n23)c1. The molecule has 168 valence electrons. The number of rotatable bonds is 8. The molecule has 0 aliphatic rings. The number of amides is 1. The fourth-order valence-corrected chi connectivity index (χ4v) is 4.92. The topological polar surface area (TPSA) is 99.8 Å². The molecule has 3 aromatic heterocycles. The van der Waals surface area contributed by atoms with Crippen molar-refractivity contribution in [3.63, 3.8) is 0 Å². The van der Waals surface area contributed by atoms with Crippen LogP contribution in [0.2, 0.25) is 0 Å². The lowest BCUT2D eigenvalue weighted by Crippen LogP contribution is -2.24. The number of carbonyl (C=O) groups is 1. The largest absolute Gasteiger partial charge is 0.497 e. The molecule has 0 saturated carbocycles. The number of fused-ring (bicyclic) bond motifs is 3. The minimum Gasteiger partial charge on any atom is -0.497 e. The van der Waals surface area contributed by atoms with E-state index in [9.17, 15) is 9.59 Å². The molecule has 0 fully saturated rings. The lowest BCUT2D eigenvalue weighted by Gasteiger charge is -2.12. The molecular formula is C21H23N5O4S2. The van der Waals surface area contributed by atoms with Crippen molar-refractivity contribution >= 4 is 50.7 Å². The molecule has 3 heterocycles. The highest BCUT2D eigenvalue weighted by Gasteiger charge is 2.19. The monoisotopic (exact) mass is 473 g/mol. The number of hydrogen-bond acceptors (Lipinski definition) is 8. The van der Waals surface area contributed by atoms with Gasteiger partial charge in [-0.15, -0.1) is 21.5 Å². The molecule has 4 aromatic rings. The van der Waals surface area contributed by atoms with Gasteiger partial charge < -0.3 is 14.8 Å². The van der Waals surface area contributed by atoms with Crippen LogP contribution >= 0.6 is 23.1 Å². The van der Waals surface area contributed by atoms with E-state index in [1.807, 2.05) is 29.7 Å². The maximum absolute atomic E-state index is 12.9. The number of anilines is 1. The van der Waals surface area contributed by atoms with E-state index < -0.39 is 0 Å². The number of hydrogen-bond donors (Lipinski definition) is 1. The van der Waals surface area contributed by atoms with Crippen molar-refractivity contribution in [1.82, 2.24) is 19.2 Å². The van der Waals surface area contributed by atoms with Crippen molar-refractivity contribution in [3.05, 3.63) is 40.0 Å². The first kappa shape index (κ1) is 22.2. The molecule has 0 radical (unpaired) electrons. The number of thiophene rings is 1. The summed E-state index contributed by atoms with van der Waals surface area (Å²) in [5.41, 5.74) is 1.20. The van der Waals surface area contributed by atoms with Gasteiger partial charge in [-0.2, -0.15) is 0 Å². The van der Waals surface area contributed by atoms with Crippen molar-refractivity contribution in [2.24, 2.45) is 5.92 Å². The van der Waals surface area contributed by atoms with E-state index in [1.165, 1.54) is 30.2 Å². The molecule has 11 heteroatoms. The van der Waals surface area contributed by atoms with Crippen molar-refractivity contribution < 1.29 is 14.3 Å². The molecule has 1 N–H and O–H groups in total. The Morgan fingerprint density at radius 2 is 2.03 bits per heavy atom. The highest BCUT2D eigenvalue weighted by molar-refractivity contribution is 7.99. The highest BCUT2D eigenvalue weighted by atomic mass is 32.2. The van der Waals surface area contributed by atoms with Gasteiger partial charge >= 0.3 is 0 Å².